The molecule has 3 aromatic carbocycles. The average Bonchev–Trinajstić information content (AvgIpc) is 3.64. The van der Waals surface area contributed by atoms with Gasteiger partial charge in [0.1, 0.15) is 5.76 Å². The van der Waals surface area contributed by atoms with Crippen LogP contribution in [-0.2, 0) is 22.6 Å². The minimum absolute atomic E-state index is 0.0895. The third-order valence-electron chi connectivity index (χ3n) is 8.23. The van der Waals surface area contributed by atoms with Crippen LogP contribution in [0.15, 0.2) is 114 Å². The maximum absolute atomic E-state index is 13.9. The summed E-state index contributed by atoms with van der Waals surface area (Å²) in [6, 6.07) is 23.9. The van der Waals surface area contributed by atoms with Crippen LogP contribution < -0.4 is 10.5 Å². The number of aliphatic hydroxyl groups excluding tert-OH is 1. The smallest absolute Gasteiger partial charge is 0.294 e. The highest BCUT2D eigenvalue weighted by Crippen LogP contribution is 2.21. The lowest BCUT2D eigenvalue weighted by atomic mass is 10.0. The summed E-state index contributed by atoms with van der Waals surface area (Å²) >= 11 is 0. The lowest BCUT2D eigenvalue weighted by Crippen LogP contribution is -2.50. The molecule has 1 saturated heterocycles. The predicted octanol–water partition coefficient (Wildman–Crippen LogP) is 5.51. The number of pyridine rings is 1. The maximum atomic E-state index is 13.9. The van der Waals surface area contributed by atoms with Crippen LogP contribution in [0.1, 0.15) is 22.3 Å². The van der Waals surface area contributed by atoms with Gasteiger partial charge in [0.25, 0.3) is 11.5 Å². The fourth-order valence-electron chi connectivity index (χ4n) is 5.75. The SMILES string of the molecule is O=C(C=C(O)c1cc(Cc2cc(F)c(F)c(F)c2)cn(Cc2ccccc2)c1=O)C(=O)N1CCN(c2ccc(-n3cccc3)cc2)CC1. The summed E-state index contributed by atoms with van der Waals surface area (Å²) in [5.74, 6) is -6.86. The van der Waals surface area contributed by atoms with Crippen molar-refractivity contribution in [3.63, 3.8) is 0 Å². The van der Waals surface area contributed by atoms with Gasteiger partial charge in [-0.1, -0.05) is 30.3 Å². The Morgan fingerprint density at radius 2 is 1.38 bits per heavy atom. The first kappa shape index (κ1) is 32.1. The van der Waals surface area contributed by atoms with E-state index in [1.54, 1.807) is 24.3 Å². The molecule has 1 fully saturated rings. The normalized spacial score (nSPS) is 13.5. The molecular weight excluding hydrogens is 621 g/mol. The van der Waals surface area contributed by atoms with Crippen LogP contribution in [0.5, 0.6) is 0 Å². The van der Waals surface area contributed by atoms with Crippen molar-refractivity contribution in [3.8, 4) is 5.69 Å². The number of carbonyl (C=O) groups excluding carboxylic acids is 2. The number of carbonyl (C=O) groups is 2. The average molecular weight is 653 g/mol. The Morgan fingerprint density at radius 3 is 2.02 bits per heavy atom. The second kappa shape index (κ2) is 13.9. The van der Waals surface area contributed by atoms with E-state index in [9.17, 15) is 32.7 Å². The second-order valence-corrected chi connectivity index (χ2v) is 11.5. The van der Waals surface area contributed by atoms with Gasteiger partial charge >= 0.3 is 0 Å². The number of anilines is 1. The van der Waals surface area contributed by atoms with Gasteiger partial charge in [-0.15, -0.1) is 0 Å². The number of halogens is 3. The lowest BCUT2D eigenvalue weighted by molar-refractivity contribution is -0.142. The number of nitrogens with zero attached hydrogens (tertiary/aromatic N) is 4. The van der Waals surface area contributed by atoms with Crippen LogP contribution in [0.4, 0.5) is 18.9 Å². The molecule has 0 radical (unpaired) electrons. The molecule has 8 nitrogen and oxygen atoms in total. The molecule has 0 unspecified atom stereocenters. The first-order valence-corrected chi connectivity index (χ1v) is 15.3. The van der Waals surface area contributed by atoms with Gasteiger partial charge in [-0.2, -0.15) is 0 Å². The van der Waals surface area contributed by atoms with Gasteiger partial charge in [0.05, 0.1) is 12.1 Å². The van der Waals surface area contributed by atoms with E-state index in [2.05, 4.69) is 4.90 Å². The number of piperazine rings is 1. The van der Waals surface area contributed by atoms with Crippen molar-refractivity contribution in [1.82, 2.24) is 14.0 Å². The van der Waals surface area contributed by atoms with Gasteiger partial charge in [0.2, 0.25) is 5.78 Å². The first-order valence-electron chi connectivity index (χ1n) is 15.3. The van der Waals surface area contributed by atoms with Crippen LogP contribution >= 0.6 is 0 Å². The van der Waals surface area contributed by atoms with Crippen LogP contribution in [0.25, 0.3) is 11.4 Å². The van der Waals surface area contributed by atoms with E-state index in [0.29, 0.717) is 18.7 Å². The van der Waals surface area contributed by atoms with Crippen LogP contribution in [0.2, 0.25) is 0 Å². The second-order valence-electron chi connectivity index (χ2n) is 11.5. The summed E-state index contributed by atoms with van der Waals surface area (Å²) in [4.78, 5) is 43.1. The molecule has 244 valence electrons. The summed E-state index contributed by atoms with van der Waals surface area (Å²) < 4.78 is 44.7. The zero-order valence-corrected chi connectivity index (χ0v) is 25.7. The molecule has 1 aliphatic rings. The number of rotatable bonds is 9. The maximum Gasteiger partial charge on any atom is 0.294 e. The summed E-state index contributed by atoms with van der Waals surface area (Å²) in [6.07, 6.45) is 5.98. The molecule has 1 N–H and O–H groups in total. The van der Waals surface area contributed by atoms with Gasteiger partial charge in [0, 0.05) is 62.2 Å². The van der Waals surface area contributed by atoms with Gasteiger partial charge < -0.3 is 24.0 Å². The largest absolute Gasteiger partial charge is 0.507 e. The van der Waals surface area contributed by atoms with Crippen molar-refractivity contribution < 1.29 is 27.9 Å². The van der Waals surface area contributed by atoms with Gasteiger partial charge in [-0.25, -0.2) is 13.2 Å². The van der Waals surface area contributed by atoms with E-state index in [0.717, 1.165) is 35.1 Å². The number of benzene rings is 3. The van der Waals surface area contributed by atoms with Crippen LogP contribution in [-0.4, -0.2) is 57.0 Å². The van der Waals surface area contributed by atoms with E-state index in [1.165, 1.54) is 21.7 Å². The lowest BCUT2D eigenvalue weighted by Gasteiger charge is -2.35. The Balaban J connectivity index is 1.19. The molecule has 3 heterocycles. The zero-order chi connectivity index (χ0) is 33.8. The van der Waals surface area contributed by atoms with E-state index >= 15 is 0 Å². The fraction of sp³-hybridized carbons (Fsp3) is 0.162. The van der Waals surface area contributed by atoms with Crippen molar-refractivity contribution >= 4 is 23.1 Å². The number of aromatic nitrogens is 2. The van der Waals surface area contributed by atoms with Crippen molar-refractivity contribution in [2.45, 2.75) is 13.0 Å². The molecule has 0 bridgehead atoms. The quantitative estimate of drug-likeness (QED) is 0.0983. The molecule has 5 aromatic rings. The number of aliphatic hydroxyl groups is 1. The molecular formula is C37H31F3N4O4. The van der Waals surface area contributed by atoms with E-state index in [4.69, 9.17) is 0 Å². The molecule has 0 aliphatic carbocycles. The summed E-state index contributed by atoms with van der Waals surface area (Å²) in [7, 11) is 0. The topological polar surface area (TPSA) is 87.8 Å². The Morgan fingerprint density at radius 1 is 0.750 bits per heavy atom. The Kier molecular flexibility index (Phi) is 9.29. The molecule has 1 amide bonds. The summed E-state index contributed by atoms with van der Waals surface area (Å²) in [5.41, 5.74) is 2.28. The Bertz CT molecular complexity index is 2010. The number of amides is 1. The third-order valence-corrected chi connectivity index (χ3v) is 8.23. The Labute approximate surface area is 274 Å². The standard InChI is InChI=1S/C37H31F3N4O4/c38-31-20-26(21-32(39)35(31)40)18-27-19-30(36(47)44(24-27)23-25-6-2-1-3-7-25)33(45)22-34(46)37(48)43-16-14-42(15-17-43)29-10-8-28(9-11-29)41-12-4-5-13-41/h1-13,19-22,24,45H,14-18,23H2. The summed E-state index contributed by atoms with van der Waals surface area (Å²) in [6.45, 7) is 1.64. The minimum atomic E-state index is -1.60. The van der Waals surface area contributed by atoms with Crippen molar-refractivity contribution in [1.29, 1.82) is 0 Å². The van der Waals surface area contributed by atoms with E-state index in [-0.39, 0.29) is 37.2 Å². The highest BCUT2D eigenvalue weighted by Gasteiger charge is 2.26. The molecule has 0 spiro atoms. The van der Waals surface area contributed by atoms with Crippen molar-refractivity contribution in [2.24, 2.45) is 0 Å². The van der Waals surface area contributed by atoms with Crippen molar-refractivity contribution in [3.05, 3.63) is 160 Å². The van der Waals surface area contributed by atoms with Gasteiger partial charge in [-0.3, -0.25) is 14.4 Å². The zero-order valence-electron chi connectivity index (χ0n) is 25.7. The summed E-state index contributed by atoms with van der Waals surface area (Å²) in [5, 5.41) is 11.0. The molecule has 0 atom stereocenters. The first-order chi connectivity index (χ1) is 23.2. The van der Waals surface area contributed by atoms with Crippen molar-refractivity contribution in [2.75, 3.05) is 31.1 Å². The molecule has 0 saturated carbocycles. The number of ketones is 1. The number of hydrogen-bond donors (Lipinski definition) is 1. The molecule has 1 aliphatic heterocycles. The predicted molar refractivity (Wildman–Crippen MR) is 176 cm³/mol. The molecule has 2 aromatic heterocycles. The molecule has 48 heavy (non-hydrogen) atoms. The van der Waals surface area contributed by atoms with E-state index < -0.39 is 40.5 Å². The fourth-order valence-corrected chi connectivity index (χ4v) is 5.75. The monoisotopic (exact) mass is 652 g/mol. The molecule has 6 rings (SSSR count). The third kappa shape index (κ3) is 7.10. The minimum Gasteiger partial charge on any atom is -0.507 e. The van der Waals surface area contributed by atoms with E-state index in [1.807, 2.05) is 59.4 Å². The van der Waals surface area contributed by atoms with Gasteiger partial charge in [-0.05, 0) is 77.7 Å². The Hall–Kier alpha value is -5.84. The van der Waals surface area contributed by atoms with Crippen LogP contribution in [0.3, 0.4) is 0 Å². The van der Waals surface area contributed by atoms with Gasteiger partial charge in [0.15, 0.2) is 17.5 Å². The highest BCUT2D eigenvalue weighted by atomic mass is 19.2. The molecule has 11 heteroatoms. The highest BCUT2D eigenvalue weighted by molar-refractivity contribution is 6.41. The number of hydrogen-bond acceptors (Lipinski definition) is 5. The van der Waals surface area contributed by atoms with Crippen LogP contribution in [0, 0.1) is 17.5 Å².